The highest BCUT2D eigenvalue weighted by molar-refractivity contribution is 7.91. The summed E-state index contributed by atoms with van der Waals surface area (Å²) in [5, 5.41) is 0. The Bertz CT molecular complexity index is 916. The van der Waals surface area contributed by atoms with Gasteiger partial charge >= 0.3 is 11.7 Å². The van der Waals surface area contributed by atoms with Crippen LogP contribution in [0.4, 0.5) is 0 Å². The Morgan fingerprint density at radius 1 is 1.27 bits per heavy atom. The highest BCUT2D eigenvalue weighted by atomic mass is 32.2. The summed E-state index contributed by atoms with van der Waals surface area (Å²) in [4.78, 5) is 52.4. The van der Waals surface area contributed by atoms with E-state index in [0.29, 0.717) is 12.1 Å². The molecule has 2 heterocycles. The summed E-state index contributed by atoms with van der Waals surface area (Å²) in [6.07, 6.45) is 0.291. The van der Waals surface area contributed by atoms with Gasteiger partial charge in [-0.3, -0.25) is 19.4 Å². The van der Waals surface area contributed by atoms with Gasteiger partial charge in [0.05, 0.1) is 11.5 Å². The molecule has 0 aromatic carbocycles. The van der Waals surface area contributed by atoms with Crippen LogP contribution in [-0.4, -0.2) is 66.4 Å². The minimum Gasteiger partial charge on any atom is -0.456 e. The molecule has 0 radical (unpaired) electrons. The average molecular weight is 387 g/mol. The third-order valence-electron chi connectivity index (χ3n) is 4.34. The number of aromatic nitrogens is 2. The van der Waals surface area contributed by atoms with Gasteiger partial charge in [0, 0.05) is 30.8 Å². The van der Waals surface area contributed by atoms with Crippen molar-refractivity contribution in [3.8, 4) is 0 Å². The highest BCUT2D eigenvalue weighted by Crippen LogP contribution is 2.16. The summed E-state index contributed by atoms with van der Waals surface area (Å²) in [7, 11) is -1.64. The number of hydrogen-bond donors (Lipinski definition) is 2. The molecule has 0 spiro atoms. The first-order valence-corrected chi connectivity index (χ1v) is 9.85. The normalized spacial score (nSPS) is 18.5. The molecule has 0 saturated carbocycles. The van der Waals surface area contributed by atoms with Gasteiger partial charge in [0.25, 0.3) is 11.5 Å². The van der Waals surface area contributed by atoms with Crippen LogP contribution in [0, 0.1) is 6.92 Å². The van der Waals surface area contributed by atoms with Crippen molar-refractivity contribution >= 4 is 21.7 Å². The van der Waals surface area contributed by atoms with Crippen LogP contribution in [0.3, 0.4) is 0 Å². The van der Waals surface area contributed by atoms with E-state index in [0.717, 1.165) is 0 Å². The Balaban J connectivity index is 1.83. The lowest BCUT2D eigenvalue weighted by molar-refractivity contribution is -0.152. The van der Waals surface area contributed by atoms with Crippen molar-refractivity contribution in [1.29, 1.82) is 0 Å². The number of hydrogen-bond acceptors (Lipinski definition) is 7. The van der Waals surface area contributed by atoms with E-state index >= 15 is 0 Å². The Hall–Kier alpha value is -2.43. The largest absolute Gasteiger partial charge is 0.456 e. The van der Waals surface area contributed by atoms with Crippen LogP contribution in [0.25, 0.3) is 0 Å². The van der Waals surface area contributed by atoms with E-state index in [1.54, 1.807) is 6.92 Å². The molecular weight excluding hydrogens is 366 g/mol. The standard InChI is InChI=1S/C15H21N3O7S/c1-9-11(14(21)17-15(22)16-9)3-4-13(20)25-7-12(19)18(2)10-5-6-26(23,24)8-10/h10H,3-8H2,1-2H3,(H2,16,17,21,22)/t10-/m1/s1. The minimum absolute atomic E-state index is 0.0438. The molecule has 144 valence electrons. The Morgan fingerprint density at radius 3 is 2.54 bits per heavy atom. The van der Waals surface area contributed by atoms with Gasteiger partial charge in [0.1, 0.15) is 0 Å². The van der Waals surface area contributed by atoms with E-state index in [-0.39, 0.29) is 29.9 Å². The van der Waals surface area contributed by atoms with Crippen LogP contribution >= 0.6 is 0 Å². The molecular formula is C15H21N3O7S. The first-order chi connectivity index (χ1) is 12.1. The number of amides is 1. The van der Waals surface area contributed by atoms with Crippen LogP contribution in [0.1, 0.15) is 24.1 Å². The van der Waals surface area contributed by atoms with Crippen LogP contribution in [0.2, 0.25) is 0 Å². The number of likely N-dealkylation sites (N-methyl/N-ethyl adjacent to an activating group) is 1. The molecule has 1 aliphatic heterocycles. The van der Waals surface area contributed by atoms with Crippen LogP contribution in [0.15, 0.2) is 9.59 Å². The molecule has 1 atom stereocenters. The second-order valence-corrected chi connectivity index (χ2v) is 8.46. The number of rotatable bonds is 6. The lowest BCUT2D eigenvalue weighted by Gasteiger charge is -2.23. The van der Waals surface area contributed by atoms with Gasteiger partial charge in [-0.25, -0.2) is 13.2 Å². The number of nitrogens with one attached hydrogen (secondary N) is 2. The smallest absolute Gasteiger partial charge is 0.325 e. The molecule has 1 amide bonds. The zero-order chi connectivity index (χ0) is 19.5. The number of nitrogens with zero attached hydrogens (tertiary/aromatic N) is 1. The number of sulfone groups is 1. The fourth-order valence-corrected chi connectivity index (χ4v) is 4.53. The van der Waals surface area contributed by atoms with Crippen molar-refractivity contribution in [3.63, 3.8) is 0 Å². The third-order valence-corrected chi connectivity index (χ3v) is 6.09. The second kappa shape index (κ2) is 7.85. The molecule has 2 N–H and O–H groups in total. The molecule has 11 heteroatoms. The van der Waals surface area contributed by atoms with E-state index in [1.807, 2.05) is 0 Å². The van der Waals surface area contributed by atoms with Gasteiger partial charge in [-0.2, -0.15) is 0 Å². The molecule has 2 rings (SSSR count). The predicted octanol–water partition coefficient (Wildman–Crippen LogP) is -1.51. The zero-order valence-corrected chi connectivity index (χ0v) is 15.3. The lowest BCUT2D eigenvalue weighted by atomic mass is 10.1. The maximum Gasteiger partial charge on any atom is 0.325 e. The van der Waals surface area contributed by atoms with Gasteiger partial charge in [0.15, 0.2) is 16.4 Å². The van der Waals surface area contributed by atoms with Crippen LogP contribution in [0.5, 0.6) is 0 Å². The van der Waals surface area contributed by atoms with Crippen molar-refractivity contribution in [3.05, 3.63) is 32.1 Å². The van der Waals surface area contributed by atoms with Gasteiger partial charge in [0.2, 0.25) is 0 Å². The monoisotopic (exact) mass is 387 g/mol. The molecule has 1 aromatic heterocycles. The van der Waals surface area contributed by atoms with Gasteiger partial charge in [-0.15, -0.1) is 0 Å². The van der Waals surface area contributed by atoms with Crippen molar-refractivity contribution in [1.82, 2.24) is 14.9 Å². The topological polar surface area (TPSA) is 146 Å². The molecule has 0 bridgehead atoms. The number of esters is 1. The number of carbonyl (C=O) groups is 2. The van der Waals surface area contributed by atoms with Gasteiger partial charge in [-0.05, 0) is 19.8 Å². The van der Waals surface area contributed by atoms with Crippen LogP contribution < -0.4 is 11.2 Å². The maximum atomic E-state index is 12.0. The van der Waals surface area contributed by atoms with E-state index in [9.17, 15) is 27.6 Å². The maximum absolute atomic E-state index is 12.0. The lowest BCUT2D eigenvalue weighted by Crippen LogP contribution is -2.40. The predicted molar refractivity (Wildman–Crippen MR) is 91.5 cm³/mol. The Kier molecular flexibility index (Phi) is 6.01. The molecule has 1 aliphatic rings. The van der Waals surface area contributed by atoms with Crippen molar-refractivity contribution < 1.29 is 22.7 Å². The summed E-state index contributed by atoms with van der Waals surface area (Å²) in [5.41, 5.74) is -0.565. The van der Waals surface area contributed by atoms with E-state index < -0.39 is 45.6 Å². The molecule has 0 unspecified atom stereocenters. The zero-order valence-electron chi connectivity index (χ0n) is 14.5. The Labute approximate surface area is 149 Å². The summed E-state index contributed by atoms with van der Waals surface area (Å²) in [6.45, 7) is 1.05. The number of aromatic amines is 2. The number of carbonyl (C=O) groups excluding carboxylic acids is 2. The van der Waals surface area contributed by atoms with Crippen molar-refractivity contribution in [2.45, 2.75) is 32.2 Å². The Morgan fingerprint density at radius 2 is 1.96 bits per heavy atom. The highest BCUT2D eigenvalue weighted by Gasteiger charge is 2.32. The fraction of sp³-hybridized carbons (Fsp3) is 0.600. The van der Waals surface area contributed by atoms with E-state index in [4.69, 9.17) is 4.74 Å². The molecule has 10 nitrogen and oxygen atoms in total. The second-order valence-electron chi connectivity index (χ2n) is 6.23. The fourth-order valence-electron chi connectivity index (χ4n) is 2.75. The van der Waals surface area contributed by atoms with Gasteiger partial charge < -0.3 is 14.6 Å². The van der Waals surface area contributed by atoms with Gasteiger partial charge in [-0.1, -0.05) is 0 Å². The molecule has 1 fully saturated rings. The molecule has 26 heavy (non-hydrogen) atoms. The minimum atomic E-state index is -3.12. The molecule has 1 saturated heterocycles. The first-order valence-electron chi connectivity index (χ1n) is 8.03. The quantitative estimate of drug-likeness (QED) is 0.564. The van der Waals surface area contributed by atoms with E-state index in [1.165, 1.54) is 11.9 Å². The molecule has 1 aromatic rings. The van der Waals surface area contributed by atoms with Crippen molar-refractivity contribution in [2.24, 2.45) is 0 Å². The number of H-pyrrole nitrogens is 2. The van der Waals surface area contributed by atoms with Crippen molar-refractivity contribution in [2.75, 3.05) is 25.2 Å². The summed E-state index contributed by atoms with van der Waals surface area (Å²) < 4.78 is 27.8. The average Bonchev–Trinajstić information content (AvgIpc) is 2.90. The third kappa shape index (κ3) is 5.04. The van der Waals surface area contributed by atoms with E-state index in [2.05, 4.69) is 9.97 Å². The SMILES string of the molecule is Cc1[nH]c(=O)[nH]c(=O)c1CCC(=O)OCC(=O)N(C)[C@@H]1CCS(=O)(=O)C1. The summed E-state index contributed by atoms with van der Waals surface area (Å²) in [5.74, 6) is -1.20. The summed E-state index contributed by atoms with van der Waals surface area (Å²) >= 11 is 0. The first kappa shape index (κ1) is 19.9. The number of aryl methyl sites for hydroxylation is 1. The van der Waals surface area contributed by atoms with Crippen LogP contribution in [-0.2, 0) is 30.6 Å². The summed E-state index contributed by atoms with van der Waals surface area (Å²) in [6, 6.07) is -0.409. The molecule has 0 aliphatic carbocycles. The number of ether oxygens (including phenoxy) is 1.